The van der Waals surface area contributed by atoms with Crippen molar-refractivity contribution in [3.8, 4) is 6.07 Å². The van der Waals surface area contributed by atoms with Crippen LogP contribution in [0.5, 0.6) is 0 Å². The van der Waals surface area contributed by atoms with Crippen molar-refractivity contribution < 1.29 is 13.2 Å². The molecular formula is C17H12Cl2N2O3S. The van der Waals surface area contributed by atoms with E-state index in [1.807, 2.05) is 0 Å². The second kappa shape index (κ2) is 7.70. The smallest absolute Gasteiger partial charge is 0.221 e. The van der Waals surface area contributed by atoms with Gasteiger partial charge in [0.2, 0.25) is 15.7 Å². The van der Waals surface area contributed by atoms with Crippen molar-refractivity contribution in [2.75, 3.05) is 5.32 Å². The second-order valence-corrected chi connectivity index (χ2v) is 7.73. The van der Waals surface area contributed by atoms with Crippen LogP contribution in [0.4, 0.5) is 5.69 Å². The van der Waals surface area contributed by atoms with Crippen molar-refractivity contribution in [2.45, 2.75) is 11.8 Å². The van der Waals surface area contributed by atoms with Crippen LogP contribution in [0.15, 0.2) is 52.3 Å². The van der Waals surface area contributed by atoms with E-state index < -0.39 is 14.7 Å². The number of hydrogen-bond donors (Lipinski definition) is 1. The SMILES string of the molecule is CC(=O)Nc1ccc(C=C(C#N)S(=O)(=O)c2cc(Cl)ccc2Cl)cc1. The van der Waals surface area contributed by atoms with Gasteiger partial charge in [0.25, 0.3) is 0 Å². The zero-order chi connectivity index (χ0) is 18.6. The summed E-state index contributed by atoms with van der Waals surface area (Å²) in [5.41, 5.74) is 1.04. The molecule has 8 heteroatoms. The molecule has 0 atom stereocenters. The van der Waals surface area contributed by atoms with Crippen LogP contribution in [0.1, 0.15) is 12.5 Å². The number of carbonyl (C=O) groups is 1. The fraction of sp³-hybridized carbons (Fsp3) is 0.0588. The van der Waals surface area contributed by atoms with Gasteiger partial charge in [0.1, 0.15) is 11.0 Å². The highest BCUT2D eigenvalue weighted by Crippen LogP contribution is 2.30. The summed E-state index contributed by atoms with van der Waals surface area (Å²) < 4.78 is 25.3. The first-order valence-corrected chi connectivity index (χ1v) is 9.17. The molecule has 1 amide bonds. The highest BCUT2D eigenvalue weighted by atomic mass is 35.5. The van der Waals surface area contributed by atoms with Crippen molar-refractivity contribution in [1.29, 1.82) is 5.26 Å². The van der Waals surface area contributed by atoms with E-state index in [0.717, 1.165) is 0 Å². The van der Waals surface area contributed by atoms with Crippen molar-refractivity contribution in [3.63, 3.8) is 0 Å². The van der Waals surface area contributed by atoms with E-state index in [9.17, 15) is 18.5 Å². The zero-order valence-corrected chi connectivity index (χ0v) is 15.3. The third-order valence-corrected chi connectivity index (χ3v) is 5.49. The Morgan fingerprint density at radius 3 is 2.36 bits per heavy atom. The largest absolute Gasteiger partial charge is 0.326 e. The number of nitrogens with one attached hydrogen (secondary N) is 1. The predicted molar refractivity (Wildman–Crippen MR) is 98.0 cm³/mol. The molecule has 5 nitrogen and oxygen atoms in total. The third-order valence-electron chi connectivity index (χ3n) is 3.11. The van der Waals surface area contributed by atoms with E-state index in [4.69, 9.17) is 23.2 Å². The number of hydrogen-bond acceptors (Lipinski definition) is 4. The molecule has 25 heavy (non-hydrogen) atoms. The maximum atomic E-state index is 12.7. The van der Waals surface area contributed by atoms with Crippen LogP contribution in [-0.4, -0.2) is 14.3 Å². The molecule has 128 valence electrons. The molecular weight excluding hydrogens is 383 g/mol. The lowest BCUT2D eigenvalue weighted by Crippen LogP contribution is -2.05. The van der Waals surface area contributed by atoms with E-state index >= 15 is 0 Å². The zero-order valence-electron chi connectivity index (χ0n) is 13.0. The fourth-order valence-corrected chi connectivity index (χ4v) is 3.90. The van der Waals surface area contributed by atoms with Crippen LogP contribution in [-0.2, 0) is 14.6 Å². The summed E-state index contributed by atoms with van der Waals surface area (Å²) in [6.07, 6.45) is 1.23. The molecule has 0 fully saturated rings. The summed E-state index contributed by atoms with van der Waals surface area (Å²) in [7, 11) is -4.12. The maximum Gasteiger partial charge on any atom is 0.221 e. The van der Waals surface area contributed by atoms with Gasteiger partial charge in [-0.15, -0.1) is 0 Å². The van der Waals surface area contributed by atoms with Crippen molar-refractivity contribution in [2.24, 2.45) is 0 Å². The number of amides is 1. The molecule has 0 heterocycles. The summed E-state index contributed by atoms with van der Waals surface area (Å²) in [6, 6.07) is 12.1. The molecule has 0 aromatic heterocycles. The van der Waals surface area contributed by atoms with Crippen molar-refractivity contribution in [1.82, 2.24) is 0 Å². The number of anilines is 1. The van der Waals surface area contributed by atoms with E-state index in [-0.39, 0.29) is 20.8 Å². The van der Waals surface area contributed by atoms with Gasteiger partial charge in [0, 0.05) is 17.6 Å². The Morgan fingerprint density at radius 2 is 1.80 bits per heavy atom. The van der Waals surface area contributed by atoms with Crippen LogP contribution in [0.3, 0.4) is 0 Å². The van der Waals surface area contributed by atoms with Gasteiger partial charge < -0.3 is 5.32 Å². The Balaban J connectivity index is 2.44. The first kappa shape index (κ1) is 19.0. The summed E-state index contributed by atoms with van der Waals surface area (Å²) in [5.74, 6) is -0.223. The lowest BCUT2D eigenvalue weighted by molar-refractivity contribution is -0.114. The minimum Gasteiger partial charge on any atom is -0.326 e. The Hall–Kier alpha value is -2.33. The number of nitriles is 1. The molecule has 0 saturated heterocycles. The monoisotopic (exact) mass is 394 g/mol. The van der Waals surface area contributed by atoms with E-state index in [2.05, 4.69) is 5.32 Å². The Labute approximate surface area is 155 Å². The molecule has 0 saturated carbocycles. The Bertz CT molecular complexity index is 992. The predicted octanol–water partition coefficient (Wildman–Crippen LogP) is 4.29. The molecule has 0 bridgehead atoms. The van der Waals surface area contributed by atoms with E-state index in [0.29, 0.717) is 11.3 Å². The molecule has 0 spiro atoms. The molecule has 0 aliphatic heterocycles. The molecule has 0 radical (unpaired) electrons. The summed E-state index contributed by atoms with van der Waals surface area (Å²) in [4.78, 5) is 10.3. The van der Waals surface area contributed by atoms with Gasteiger partial charge in [-0.25, -0.2) is 8.42 Å². The van der Waals surface area contributed by atoms with Crippen LogP contribution in [0.2, 0.25) is 10.0 Å². The minimum atomic E-state index is -4.12. The van der Waals surface area contributed by atoms with Crippen LogP contribution < -0.4 is 5.32 Å². The van der Waals surface area contributed by atoms with E-state index in [1.165, 1.54) is 31.2 Å². The van der Waals surface area contributed by atoms with Crippen molar-refractivity contribution >= 4 is 50.7 Å². The van der Waals surface area contributed by atoms with Gasteiger partial charge in [-0.3, -0.25) is 4.79 Å². The quantitative estimate of drug-likeness (QED) is 0.783. The summed E-state index contributed by atoms with van der Waals surface area (Å²) in [6.45, 7) is 1.38. The average molecular weight is 395 g/mol. The second-order valence-electron chi connectivity index (χ2n) is 5.00. The van der Waals surface area contributed by atoms with Crippen LogP contribution in [0, 0.1) is 11.3 Å². The average Bonchev–Trinajstić information content (AvgIpc) is 2.55. The highest BCUT2D eigenvalue weighted by Gasteiger charge is 2.24. The molecule has 2 aromatic carbocycles. The highest BCUT2D eigenvalue weighted by molar-refractivity contribution is 7.95. The number of nitrogens with zero attached hydrogens (tertiary/aromatic N) is 1. The topological polar surface area (TPSA) is 87.0 Å². The normalized spacial score (nSPS) is 11.7. The Morgan fingerprint density at radius 1 is 1.16 bits per heavy atom. The van der Waals surface area contributed by atoms with Crippen molar-refractivity contribution in [3.05, 3.63) is 63.0 Å². The summed E-state index contributed by atoms with van der Waals surface area (Å²) in [5, 5.41) is 12.1. The fourth-order valence-electron chi connectivity index (χ4n) is 1.99. The molecule has 0 aliphatic rings. The number of carbonyl (C=O) groups excluding carboxylic acids is 1. The van der Waals surface area contributed by atoms with Gasteiger partial charge in [0.05, 0.1) is 9.92 Å². The first-order chi connectivity index (χ1) is 11.7. The lowest BCUT2D eigenvalue weighted by atomic mass is 10.2. The summed E-state index contributed by atoms with van der Waals surface area (Å²) >= 11 is 11.8. The molecule has 0 unspecified atom stereocenters. The van der Waals surface area contributed by atoms with Gasteiger partial charge in [-0.1, -0.05) is 35.3 Å². The number of sulfone groups is 1. The number of allylic oxidation sites excluding steroid dienone is 1. The number of halogens is 2. The minimum absolute atomic E-state index is 0.0217. The third kappa shape index (κ3) is 4.60. The number of benzene rings is 2. The number of rotatable bonds is 4. The first-order valence-electron chi connectivity index (χ1n) is 6.93. The Kier molecular flexibility index (Phi) is 5.85. The molecule has 1 N–H and O–H groups in total. The van der Waals surface area contributed by atoms with Gasteiger partial charge >= 0.3 is 0 Å². The van der Waals surface area contributed by atoms with Crippen LogP contribution >= 0.6 is 23.2 Å². The van der Waals surface area contributed by atoms with Gasteiger partial charge in [-0.2, -0.15) is 5.26 Å². The maximum absolute atomic E-state index is 12.7. The molecule has 0 aliphatic carbocycles. The standard InChI is InChI=1S/C17H12Cl2N2O3S/c1-11(22)21-14-5-2-12(3-6-14)8-15(10-20)25(23,24)17-9-13(18)4-7-16(17)19/h2-9H,1H3,(H,21,22). The molecule has 2 rings (SSSR count). The lowest BCUT2D eigenvalue weighted by Gasteiger charge is -2.06. The van der Waals surface area contributed by atoms with E-state index in [1.54, 1.807) is 30.3 Å². The van der Waals surface area contributed by atoms with Gasteiger partial charge in [-0.05, 0) is 42.0 Å². The van der Waals surface area contributed by atoms with Crippen LogP contribution in [0.25, 0.3) is 6.08 Å². The molecule has 2 aromatic rings. The van der Waals surface area contributed by atoms with Gasteiger partial charge in [0.15, 0.2) is 0 Å².